The summed E-state index contributed by atoms with van der Waals surface area (Å²) in [6, 6.07) is 14.6. The number of phenolic OH excluding ortho intramolecular Hbond substituents is 1. The molecule has 1 aromatic carbocycles. The quantitative estimate of drug-likeness (QED) is 0.177. The number of phenols is 1. The summed E-state index contributed by atoms with van der Waals surface area (Å²) in [7, 11) is 0. The number of carboxylic acids is 1. The van der Waals surface area contributed by atoms with Gasteiger partial charge in [0.15, 0.2) is 11.7 Å². The maximum absolute atomic E-state index is 13.3. The lowest BCUT2D eigenvalue weighted by atomic mass is 9.93. The lowest BCUT2D eigenvalue weighted by molar-refractivity contribution is -0.916. The zero-order valence-corrected chi connectivity index (χ0v) is 24.7. The maximum atomic E-state index is 13.3. The van der Waals surface area contributed by atoms with Gasteiger partial charge in [0.25, 0.3) is 0 Å². The monoisotopic (exact) mass is 629 g/mol. The number of ether oxygens (including phenoxy) is 2. The number of likely N-dealkylation sites (N-methyl/N-ethyl adjacent to an activating group) is 1. The number of rotatable bonds is 12. The summed E-state index contributed by atoms with van der Waals surface area (Å²) in [5.74, 6) is -2.67. The number of aliphatic hydroxyl groups is 1. The van der Waals surface area contributed by atoms with Crippen molar-refractivity contribution in [1.82, 2.24) is 0 Å². The van der Waals surface area contributed by atoms with Crippen LogP contribution >= 0.6 is 22.7 Å². The molecule has 4 rings (SSSR count). The summed E-state index contributed by atoms with van der Waals surface area (Å²) in [5, 5.41) is 33.8. The Morgan fingerprint density at radius 2 is 1.69 bits per heavy atom. The molecule has 0 bridgehead atoms. The number of carbonyl (C=O) groups excluding carboxylic acids is 2. The molecule has 42 heavy (non-hydrogen) atoms. The highest BCUT2D eigenvalue weighted by molar-refractivity contribution is 7.10. The van der Waals surface area contributed by atoms with Crippen LogP contribution in [0.4, 0.5) is 13.2 Å². The average Bonchev–Trinajstić information content (AvgIpc) is 3.70. The standard InChI is InChI=1S/C27H33NO5S2.C2HF3O2/c1-2-28(12-6-14-32-22-8-3-7-21(29)17-22)13-11-23(20-28)33-26(30)27(31,18-24-9-4-15-34-24)19-25-10-5-16-35-25;3-2(4,5)1(6)7/h3-5,7-10,15-17,23,31H,2,6,11-14,18-20H2,1H3;(H,6,7). The third-order valence-electron chi connectivity index (χ3n) is 7.03. The zero-order chi connectivity index (χ0) is 30.8. The van der Waals surface area contributed by atoms with Crippen molar-refractivity contribution in [2.45, 2.75) is 50.5 Å². The molecule has 0 spiro atoms. The van der Waals surface area contributed by atoms with E-state index in [0.717, 1.165) is 53.3 Å². The van der Waals surface area contributed by atoms with Crippen molar-refractivity contribution in [3.63, 3.8) is 0 Å². The van der Waals surface area contributed by atoms with Crippen molar-refractivity contribution < 1.29 is 52.0 Å². The summed E-state index contributed by atoms with van der Waals surface area (Å²) in [5.41, 5.74) is -1.57. The lowest BCUT2D eigenvalue weighted by Gasteiger charge is -2.33. The van der Waals surface area contributed by atoms with E-state index in [1.807, 2.05) is 41.1 Å². The number of aromatic hydroxyl groups is 1. The fraction of sp³-hybridized carbons (Fsp3) is 0.448. The van der Waals surface area contributed by atoms with Gasteiger partial charge in [-0.3, -0.25) is 0 Å². The predicted molar refractivity (Wildman–Crippen MR) is 150 cm³/mol. The third kappa shape index (κ3) is 10.0. The number of halogens is 3. The molecule has 1 aliphatic rings. The van der Waals surface area contributed by atoms with Crippen LogP contribution in [0.2, 0.25) is 0 Å². The maximum Gasteiger partial charge on any atom is 0.430 e. The van der Waals surface area contributed by atoms with Crippen LogP contribution in [0, 0.1) is 0 Å². The molecular weight excluding hydrogens is 595 g/mol. The number of hydrogen-bond acceptors (Lipinski definition) is 9. The molecule has 3 heterocycles. The van der Waals surface area contributed by atoms with E-state index in [-0.39, 0.29) is 24.7 Å². The van der Waals surface area contributed by atoms with Crippen LogP contribution < -0.4 is 9.84 Å². The number of hydrogen-bond donors (Lipinski definition) is 2. The first-order valence-corrected chi connectivity index (χ1v) is 15.1. The zero-order valence-electron chi connectivity index (χ0n) is 23.0. The van der Waals surface area contributed by atoms with E-state index in [0.29, 0.717) is 12.4 Å². The van der Waals surface area contributed by atoms with Crippen molar-refractivity contribution in [3.05, 3.63) is 69.0 Å². The minimum atomic E-state index is -5.19. The molecule has 3 aromatic rings. The number of carboxylic acid groups (broad SMARTS) is 1. The Morgan fingerprint density at radius 1 is 1.07 bits per heavy atom. The Labute approximate surface area is 250 Å². The number of quaternary nitrogens is 1. The van der Waals surface area contributed by atoms with Crippen LogP contribution in [0.25, 0.3) is 0 Å². The third-order valence-corrected chi connectivity index (χ3v) is 8.78. The van der Waals surface area contributed by atoms with Crippen LogP contribution in [0.1, 0.15) is 29.5 Å². The number of alkyl halides is 3. The summed E-state index contributed by atoms with van der Waals surface area (Å²) in [6.45, 7) is 6.31. The summed E-state index contributed by atoms with van der Waals surface area (Å²) in [4.78, 5) is 24.0. The SMILES string of the molecule is CC[N+]1(CCCOc2cccc(O)c2)CCC(OC(=O)C(O)(Cc2cccs2)Cc2cccs2)C1.O=C([O-])C(F)(F)F. The Kier molecular flexibility index (Phi) is 11.8. The molecule has 230 valence electrons. The van der Waals surface area contributed by atoms with Crippen molar-refractivity contribution in [3.8, 4) is 11.5 Å². The van der Waals surface area contributed by atoms with Gasteiger partial charge in [0.05, 0.1) is 26.2 Å². The highest BCUT2D eigenvalue weighted by Gasteiger charge is 2.44. The van der Waals surface area contributed by atoms with Crippen molar-refractivity contribution >= 4 is 34.6 Å². The van der Waals surface area contributed by atoms with Gasteiger partial charge in [-0.15, -0.1) is 22.7 Å². The van der Waals surface area contributed by atoms with E-state index in [1.165, 1.54) is 0 Å². The molecule has 8 nitrogen and oxygen atoms in total. The molecule has 0 aliphatic carbocycles. The first-order chi connectivity index (χ1) is 19.8. The average molecular weight is 630 g/mol. The molecule has 2 unspecified atom stereocenters. The van der Waals surface area contributed by atoms with E-state index >= 15 is 0 Å². The second kappa shape index (κ2) is 14.9. The molecule has 0 amide bonds. The molecule has 1 saturated heterocycles. The number of aliphatic carboxylic acids is 1. The molecular formula is C29H34F3NO7S2. The van der Waals surface area contributed by atoms with Gasteiger partial charge >= 0.3 is 12.1 Å². The van der Waals surface area contributed by atoms with Gasteiger partial charge in [0, 0.05) is 41.5 Å². The van der Waals surface area contributed by atoms with Gasteiger partial charge < -0.3 is 34.1 Å². The van der Waals surface area contributed by atoms with Gasteiger partial charge in [0.1, 0.15) is 24.0 Å². The van der Waals surface area contributed by atoms with E-state index < -0.39 is 23.7 Å². The van der Waals surface area contributed by atoms with Crippen LogP contribution in [0.5, 0.6) is 11.5 Å². The van der Waals surface area contributed by atoms with Gasteiger partial charge in [-0.2, -0.15) is 13.2 Å². The molecule has 2 aromatic heterocycles. The fourth-order valence-electron chi connectivity index (χ4n) is 4.81. The lowest BCUT2D eigenvalue weighted by Crippen LogP contribution is -2.49. The number of carbonyl (C=O) groups is 2. The predicted octanol–water partition coefficient (Wildman–Crippen LogP) is 3.95. The first-order valence-electron chi connectivity index (χ1n) is 13.4. The Morgan fingerprint density at radius 3 is 2.19 bits per heavy atom. The minimum Gasteiger partial charge on any atom is -0.542 e. The smallest absolute Gasteiger partial charge is 0.430 e. The normalized spacial score (nSPS) is 18.6. The van der Waals surface area contributed by atoms with E-state index in [4.69, 9.17) is 19.4 Å². The second-order valence-corrected chi connectivity index (χ2v) is 12.2. The van der Waals surface area contributed by atoms with E-state index in [2.05, 4.69) is 6.92 Å². The highest BCUT2D eigenvalue weighted by Crippen LogP contribution is 2.29. The Bertz CT molecular complexity index is 1230. The number of thiophene rings is 2. The summed E-state index contributed by atoms with van der Waals surface area (Å²) < 4.78 is 44.2. The number of nitrogens with zero attached hydrogens (tertiary/aromatic N) is 1. The number of benzene rings is 1. The first kappa shape index (κ1) is 33.4. The Hall–Kier alpha value is -3.13. The molecule has 0 radical (unpaired) electrons. The van der Waals surface area contributed by atoms with Crippen LogP contribution in [0.3, 0.4) is 0 Å². The van der Waals surface area contributed by atoms with Crippen molar-refractivity contribution in [2.24, 2.45) is 0 Å². The summed E-state index contributed by atoms with van der Waals surface area (Å²) >= 11 is 3.09. The van der Waals surface area contributed by atoms with Gasteiger partial charge in [-0.05, 0) is 41.9 Å². The van der Waals surface area contributed by atoms with Crippen LogP contribution in [-0.2, 0) is 27.2 Å². The van der Waals surface area contributed by atoms with Gasteiger partial charge in [0.2, 0.25) is 0 Å². The van der Waals surface area contributed by atoms with E-state index in [9.17, 15) is 28.2 Å². The van der Waals surface area contributed by atoms with Crippen molar-refractivity contribution in [2.75, 3.05) is 32.8 Å². The van der Waals surface area contributed by atoms with Gasteiger partial charge in [-0.1, -0.05) is 18.2 Å². The second-order valence-electron chi connectivity index (χ2n) is 10.1. The largest absolute Gasteiger partial charge is 0.542 e. The topological polar surface area (TPSA) is 116 Å². The molecule has 2 N–H and O–H groups in total. The molecule has 0 saturated carbocycles. The van der Waals surface area contributed by atoms with Crippen LogP contribution in [-0.4, -0.2) is 77.3 Å². The molecule has 1 fully saturated rings. The minimum absolute atomic E-state index is 0.196. The Balaban J connectivity index is 0.000000616. The van der Waals surface area contributed by atoms with E-state index in [1.54, 1.807) is 40.9 Å². The molecule has 2 atom stereocenters. The van der Waals surface area contributed by atoms with Crippen molar-refractivity contribution in [1.29, 1.82) is 0 Å². The number of likely N-dealkylation sites (tertiary alicyclic amines) is 1. The highest BCUT2D eigenvalue weighted by atomic mass is 32.1. The molecule has 1 aliphatic heterocycles. The van der Waals surface area contributed by atoms with Gasteiger partial charge in [-0.25, -0.2) is 4.79 Å². The fourth-order valence-corrected chi connectivity index (χ4v) is 6.43. The summed E-state index contributed by atoms with van der Waals surface area (Å²) in [6.07, 6.45) is -3.22. The van der Waals surface area contributed by atoms with Crippen LogP contribution in [0.15, 0.2) is 59.3 Å². The molecule has 13 heteroatoms. The number of esters is 1.